The molecule has 0 spiro atoms. The fourth-order valence-electron chi connectivity index (χ4n) is 1.97. The molecule has 2 aromatic heterocycles. The Morgan fingerprint density at radius 3 is 2.80 bits per heavy atom. The van der Waals surface area contributed by atoms with Crippen LogP contribution < -0.4 is 5.32 Å². The van der Waals surface area contributed by atoms with Gasteiger partial charge in [-0.15, -0.1) is 0 Å². The first-order valence-corrected chi connectivity index (χ1v) is 6.82. The van der Waals surface area contributed by atoms with Gasteiger partial charge in [0.25, 0.3) is 0 Å². The van der Waals surface area contributed by atoms with Crippen molar-refractivity contribution in [2.45, 2.75) is 45.8 Å². The summed E-state index contributed by atoms with van der Waals surface area (Å²) in [6, 6.07) is 5.74. The quantitative estimate of drug-likeness (QED) is 0.900. The molecular weight excluding hydrogens is 254 g/mol. The standard InChI is InChI=1S/C15H21N3O2/c1-5-11(18-14(19)20-15(2,3)4)12-7-6-10-8-9-16-13(10)17-12/h6-9,11H,5H2,1-4H3,(H,16,17)(H,18,19). The molecule has 0 saturated heterocycles. The number of H-pyrrole nitrogens is 1. The van der Waals surface area contributed by atoms with E-state index in [2.05, 4.69) is 15.3 Å². The molecule has 2 rings (SSSR count). The Kier molecular flexibility index (Phi) is 3.97. The Morgan fingerprint density at radius 1 is 1.40 bits per heavy atom. The fourth-order valence-corrected chi connectivity index (χ4v) is 1.97. The molecule has 0 aliphatic heterocycles. The zero-order valence-corrected chi connectivity index (χ0v) is 12.4. The van der Waals surface area contributed by atoms with Crippen molar-refractivity contribution in [3.8, 4) is 0 Å². The molecule has 0 saturated carbocycles. The first kappa shape index (κ1) is 14.4. The maximum Gasteiger partial charge on any atom is 0.408 e. The van der Waals surface area contributed by atoms with E-state index in [1.165, 1.54) is 0 Å². The van der Waals surface area contributed by atoms with E-state index in [4.69, 9.17) is 4.74 Å². The van der Waals surface area contributed by atoms with Gasteiger partial charge in [0.1, 0.15) is 11.2 Å². The zero-order valence-electron chi connectivity index (χ0n) is 12.4. The van der Waals surface area contributed by atoms with Crippen molar-refractivity contribution in [3.05, 3.63) is 30.1 Å². The molecule has 0 aromatic carbocycles. The van der Waals surface area contributed by atoms with Gasteiger partial charge in [-0.25, -0.2) is 9.78 Å². The van der Waals surface area contributed by atoms with Crippen LogP contribution >= 0.6 is 0 Å². The molecule has 2 N–H and O–H groups in total. The largest absolute Gasteiger partial charge is 0.444 e. The average molecular weight is 275 g/mol. The highest BCUT2D eigenvalue weighted by Crippen LogP contribution is 2.19. The number of hydrogen-bond donors (Lipinski definition) is 2. The van der Waals surface area contributed by atoms with E-state index in [1.807, 2.05) is 52.1 Å². The van der Waals surface area contributed by atoms with Gasteiger partial charge in [0.05, 0.1) is 11.7 Å². The van der Waals surface area contributed by atoms with Crippen LogP contribution in [-0.4, -0.2) is 21.7 Å². The van der Waals surface area contributed by atoms with Crippen LogP contribution in [0.5, 0.6) is 0 Å². The van der Waals surface area contributed by atoms with Crippen molar-refractivity contribution in [3.63, 3.8) is 0 Å². The van der Waals surface area contributed by atoms with Crippen LogP contribution in [0.25, 0.3) is 11.0 Å². The van der Waals surface area contributed by atoms with Crippen LogP contribution in [0.2, 0.25) is 0 Å². The summed E-state index contributed by atoms with van der Waals surface area (Å²) in [7, 11) is 0. The zero-order chi connectivity index (χ0) is 14.8. The van der Waals surface area contributed by atoms with Gasteiger partial charge in [-0.1, -0.05) is 6.92 Å². The van der Waals surface area contributed by atoms with E-state index >= 15 is 0 Å². The van der Waals surface area contributed by atoms with Gasteiger partial charge in [-0.3, -0.25) is 0 Å². The molecule has 2 aromatic rings. The van der Waals surface area contributed by atoms with Crippen LogP contribution in [0.4, 0.5) is 4.79 Å². The van der Waals surface area contributed by atoms with Crippen LogP contribution in [-0.2, 0) is 4.74 Å². The number of alkyl carbamates (subject to hydrolysis) is 1. The number of pyridine rings is 1. The van der Waals surface area contributed by atoms with E-state index in [-0.39, 0.29) is 6.04 Å². The molecule has 1 unspecified atom stereocenters. The monoisotopic (exact) mass is 275 g/mol. The minimum Gasteiger partial charge on any atom is -0.444 e. The Bertz CT molecular complexity index is 598. The molecule has 1 amide bonds. The lowest BCUT2D eigenvalue weighted by Crippen LogP contribution is -2.35. The molecule has 0 bridgehead atoms. The summed E-state index contributed by atoms with van der Waals surface area (Å²) in [5, 5.41) is 3.92. The molecule has 0 aliphatic rings. The van der Waals surface area contributed by atoms with Gasteiger partial charge in [0.2, 0.25) is 0 Å². The number of aromatic nitrogens is 2. The van der Waals surface area contributed by atoms with Crippen molar-refractivity contribution in [1.82, 2.24) is 15.3 Å². The van der Waals surface area contributed by atoms with Crippen LogP contribution in [0, 0.1) is 0 Å². The topological polar surface area (TPSA) is 67.0 Å². The highest BCUT2D eigenvalue weighted by atomic mass is 16.6. The van der Waals surface area contributed by atoms with Gasteiger partial charge in [-0.05, 0) is 45.4 Å². The summed E-state index contributed by atoms with van der Waals surface area (Å²) < 4.78 is 5.28. The lowest BCUT2D eigenvalue weighted by Gasteiger charge is -2.22. The first-order valence-electron chi connectivity index (χ1n) is 6.82. The summed E-state index contributed by atoms with van der Waals surface area (Å²) in [4.78, 5) is 19.5. The summed E-state index contributed by atoms with van der Waals surface area (Å²) in [6.07, 6.45) is 2.18. The Labute approximate surface area is 118 Å². The third-order valence-corrected chi connectivity index (χ3v) is 2.89. The molecule has 2 heterocycles. The minimum absolute atomic E-state index is 0.155. The molecule has 108 valence electrons. The Hall–Kier alpha value is -2.04. The Balaban J connectivity index is 2.13. The normalized spacial score (nSPS) is 13.2. The van der Waals surface area contributed by atoms with Crippen molar-refractivity contribution < 1.29 is 9.53 Å². The third kappa shape index (κ3) is 3.50. The fraction of sp³-hybridized carbons (Fsp3) is 0.467. The average Bonchev–Trinajstić information content (AvgIpc) is 2.80. The number of rotatable bonds is 3. The number of carbonyl (C=O) groups excluding carboxylic acids is 1. The SMILES string of the molecule is CCC(NC(=O)OC(C)(C)C)c1ccc2cc[nH]c2n1. The van der Waals surface area contributed by atoms with Crippen molar-refractivity contribution in [1.29, 1.82) is 0 Å². The molecule has 5 heteroatoms. The highest BCUT2D eigenvalue weighted by molar-refractivity contribution is 5.75. The summed E-state index contributed by atoms with van der Waals surface area (Å²) in [6.45, 7) is 7.53. The summed E-state index contributed by atoms with van der Waals surface area (Å²) in [5.74, 6) is 0. The van der Waals surface area contributed by atoms with E-state index in [0.29, 0.717) is 0 Å². The molecule has 1 atom stereocenters. The van der Waals surface area contributed by atoms with Crippen LogP contribution in [0.3, 0.4) is 0 Å². The van der Waals surface area contributed by atoms with E-state index < -0.39 is 11.7 Å². The Morgan fingerprint density at radius 2 is 2.15 bits per heavy atom. The van der Waals surface area contributed by atoms with Gasteiger partial charge in [0.15, 0.2) is 0 Å². The summed E-state index contributed by atoms with van der Waals surface area (Å²) in [5.41, 5.74) is 1.15. The number of hydrogen-bond acceptors (Lipinski definition) is 3. The van der Waals surface area contributed by atoms with Gasteiger partial charge in [0, 0.05) is 11.6 Å². The smallest absolute Gasteiger partial charge is 0.408 e. The maximum absolute atomic E-state index is 11.8. The molecular formula is C15H21N3O2. The number of nitrogens with zero attached hydrogens (tertiary/aromatic N) is 1. The number of ether oxygens (including phenoxy) is 1. The molecule has 5 nitrogen and oxygen atoms in total. The van der Waals surface area contributed by atoms with E-state index in [0.717, 1.165) is 23.1 Å². The number of nitrogens with one attached hydrogen (secondary N) is 2. The predicted octanol–water partition coefficient (Wildman–Crippen LogP) is 3.54. The predicted molar refractivity (Wildman–Crippen MR) is 78.5 cm³/mol. The summed E-state index contributed by atoms with van der Waals surface area (Å²) >= 11 is 0. The second-order valence-corrected chi connectivity index (χ2v) is 5.76. The molecule has 0 fully saturated rings. The van der Waals surface area contributed by atoms with Crippen molar-refractivity contribution in [2.24, 2.45) is 0 Å². The number of amides is 1. The van der Waals surface area contributed by atoms with Gasteiger partial charge < -0.3 is 15.0 Å². The highest BCUT2D eigenvalue weighted by Gasteiger charge is 2.20. The van der Waals surface area contributed by atoms with E-state index in [1.54, 1.807) is 0 Å². The van der Waals surface area contributed by atoms with Crippen molar-refractivity contribution >= 4 is 17.1 Å². The third-order valence-electron chi connectivity index (χ3n) is 2.89. The van der Waals surface area contributed by atoms with Gasteiger partial charge in [-0.2, -0.15) is 0 Å². The second kappa shape index (κ2) is 5.53. The first-order chi connectivity index (χ1) is 9.39. The van der Waals surface area contributed by atoms with E-state index in [9.17, 15) is 4.79 Å². The van der Waals surface area contributed by atoms with Crippen LogP contribution in [0.15, 0.2) is 24.4 Å². The van der Waals surface area contributed by atoms with Gasteiger partial charge >= 0.3 is 6.09 Å². The number of carbonyl (C=O) groups is 1. The minimum atomic E-state index is -0.501. The molecule has 0 radical (unpaired) electrons. The lowest BCUT2D eigenvalue weighted by atomic mass is 10.1. The second-order valence-electron chi connectivity index (χ2n) is 5.76. The number of fused-ring (bicyclic) bond motifs is 1. The maximum atomic E-state index is 11.8. The molecule has 20 heavy (non-hydrogen) atoms. The number of aromatic amines is 1. The van der Waals surface area contributed by atoms with Crippen LogP contribution in [0.1, 0.15) is 45.9 Å². The van der Waals surface area contributed by atoms with Crippen molar-refractivity contribution in [2.75, 3.05) is 0 Å². The lowest BCUT2D eigenvalue weighted by molar-refractivity contribution is 0.0501. The molecule has 0 aliphatic carbocycles.